The largest absolute Gasteiger partial charge is 0.573 e. The van der Waals surface area contributed by atoms with Crippen LogP contribution in [0.1, 0.15) is 25.7 Å². The van der Waals surface area contributed by atoms with Gasteiger partial charge < -0.3 is 14.2 Å². The number of carbonyl (C=O) groups is 1. The van der Waals surface area contributed by atoms with Crippen molar-refractivity contribution in [1.29, 1.82) is 0 Å². The molecule has 1 aliphatic heterocycles. The zero-order valence-electron chi connectivity index (χ0n) is 17.3. The van der Waals surface area contributed by atoms with Crippen LogP contribution >= 0.6 is 0 Å². The van der Waals surface area contributed by atoms with E-state index in [1.807, 2.05) is 0 Å². The summed E-state index contributed by atoms with van der Waals surface area (Å²) in [6.07, 6.45) is -2.29. The highest BCUT2D eigenvalue weighted by Gasteiger charge is 2.31. The summed E-state index contributed by atoms with van der Waals surface area (Å²) in [7, 11) is 5.23. The SMILES string of the molecule is COCCC[NH2+]C(=O)C1=C(N(C)C)[NH+]=C(Oc2cccc(OC(F)(F)F)c2)CCC1. The number of primary amides is 1. The molecule has 7 nitrogen and oxygen atoms in total. The average Bonchev–Trinajstić information content (AvgIpc) is 2.87. The first-order chi connectivity index (χ1) is 14.2. The lowest BCUT2D eigenvalue weighted by atomic mass is 10.1. The number of hydrogen-bond acceptors (Lipinski definition) is 5. The number of hydrogen-bond donors (Lipinski definition) is 2. The van der Waals surface area contributed by atoms with Crippen LogP contribution < -0.4 is 19.8 Å². The smallest absolute Gasteiger partial charge is 0.426 e. The molecule has 3 N–H and O–H groups in total. The summed E-state index contributed by atoms with van der Waals surface area (Å²) in [5.41, 5.74) is 0.644. The number of methoxy groups -OCH3 is 1. The molecule has 1 amide bonds. The number of benzene rings is 1. The van der Waals surface area contributed by atoms with Crippen LogP contribution in [0.25, 0.3) is 0 Å². The third-order valence-electron chi connectivity index (χ3n) is 4.28. The summed E-state index contributed by atoms with van der Waals surface area (Å²) < 4.78 is 52.0. The number of rotatable bonds is 8. The number of alkyl halides is 3. The first-order valence-corrected chi connectivity index (χ1v) is 9.63. The Balaban J connectivity index is 2.18. The van der Waals surface area contributed by atoms with Crippen LogP contribution in [0.3, 0.4) is 0 Å². The van der Waals surface area contributed by atoms with Gasteiger partial charge in [-0.1, -0.05) is 6.07 Å². The number of halogens is 3. The van der Waals surface area contributed by atoms with Gasteiger partial charge in [0.15, 0.2) is 0 Å². The fourth-order valence-corrected chi connectivity index (χ4v) is 2.97. The maximum absolute atomic E-state index is 12.7. The second kappa shape index (κ2) is 11.0. The van der Waals surface area contributed by atoms with Crippen molar-refractivity contribution in [3.63, 3.8) is 0 Å². The number of carbonyl (C=O) groups excluding carboxylic acids is 1. The molecule has 1 aromatic carbocycles. The van der Waals surface area contributed by atoms with Gasteiger partial charge in [-0.25, -0.2) is 9.79 Å². The Morgan fingerprint density at radius 2 is 1.97 bits per heavy atom. The maximum atomic E-state index is 12.7. The minimum absolute atomic E-state index is 0.0517. The quantitative estimate of drug-likeness (QED) is 0.587. The van der Waals surface area contributed by atoms with Crippen molar-refractivity contribution in [1.82, 2.24) is 4.90 Å². The normalized spacial score (nSPS) is 14.8. The molecule has 30 heavy (non-hydrogen) atoms. The Kier molecular flexibility index (Phi) is 8.67. The molecule has 0 spiro atoms. The Morgan fingerprint density at radius 3 is 2.63 bits per heavy atom. The number of nitrogens with zero attached hydrogens (tertiary/aromatic N) is 1. The molecule has 166 valence electrons. The molecule has 0 bridgehead atoms. The lowest BCUT2D eigenvalue weighted by Crippen LogP contribution is -2.89. The van der Waals surface area contributed by atoms with Crippen molar-refractivity contribution in [2.75, 3.05) is 34.4 Å². The summed E-state index contributed by atoms with van der Waals surface area (Å²) in [5.74, 6) is 0.852. The second-order valence-electron chi connectivity index (χ2n) is 6.95. The van der Waals surface area contributed by atoms with E-state index in [9.17, 15) is 18.0 Å². The molecule has 0 aliphatic carbocycles. The molecular formula is C20H28F3N3O4+2. The second-order valence-corrected chi connectivity index (χ2v) is 6.95. The van der Waals surface area contributed by atoms with Crippen LogP contribution in [0.2, 0.25) is 0 Å². The Morgan fingerprint density at radius 1 is 1.23 bits per heavy atom. The molecule has 10 heteroatoms. The molecule has 2 rings (SSSR count). The van der Waals surface area contributed by atoms with E-state index >= 15 is 0 Å². The van der Waals surface area contributed by atoms with Gasteiger partial charge in [0.05, 0.1) is 27.2 Å². The highest BCUT2D eigenvalue weighted by Crippen LogP contribution is 2.26. The molecule has 0 fully saturated rings. The summed E-state index contributed by atoms with van der Waals surface area (Å²) in [5, 5.41) is 1.66. The topological polar surface area (TPSA) is 78.6 Å². The van der Waals surface area contributed by atoms with Gasteiger partial charge in [0.2, 0.25) is 0 Å². The molecule has 0 unspecified atom stereocenters. The van der Waals surface area contributed by atoms with Crippen LogP contribution in [-0.2, 0) is 9.53 Å². The molecule has 0 saturated carbocycles. The average molecular weight is 431 g/mol. The molecule has 0 atom stereocenters. The van der Waals surface area contributed by atoms with Gasteiger partial charge in [-0.2, -0.15) is 0 Å². The summed E-state index contributed by atoms with van der Waals surface area (Å²) in [6.45, 7) is 1.21. The number of amides is 1. The first-order valence-electron chi connectivity index (χ1n) is 9.63. The predicted octanol–water partition coefficient (Wildman–Crippen LogP) is 0.527. The number of quaternary nitrogens is 1. The third-order valence-corrected chi connectivity index (χ3v) is 4.28. The molecule has 1 aromatic rings. The van der Waals surface area contributed by atoms with Gasteiger partial charge >= 0.3 is 12.3 Å². The van der Waals surface area contributed by atoms with E-state index in [2.05, 4.69) is 9.73 Å². The van der Waals surface area contributed by atoms with Gasteiger partial charge in [-0.05, 0) is 25.0 Å². The molecule has 1 heterocycles. The lowest BCUT2D eigenvalue weighted by Gasteiger charge is -2.11. The Hall–Kier alpha value is -2.59. The van der Waals surface area contributed by atoms with Crippen molar-refractivity contribution in [2.45, 2.75) is 32.0 Å². The van der Waals surface area contributed by atoms with Crippen LogP contribution in [0.5, 0.6) is 11.5 Å². The fraction of sp³-hybridized carbons (Fsp3) is 0.500. The van der Waals surface area contributed by atoms with Crippen molar-refractivity contribution in [2.24, 2.45) is 0 Å². The van der Waals surface area contributed by atoms with E-state index in [0.717, 1.165) is 6.42 Å². The summed E-state index contributed by atoms with van der Waals surface area (Å²) in [4.78, 5) is 17.6. The van der Waals surface area contributed by atoms with Gasteiger partial charge in [0.25, 0.3) is 11.7 Å². The molecule has 1 aliphatic rings. The zero-order chi connectivity index (χ0) is 22.1. The minimum atomic E-state index is -4.78. The molecule has 0 aromatic heterocycles. The monoisotopic (exact) mass is 431 g/mol. The standard InChI is InChI=1S/C20H26F3N3O4/c1-26(2)18-16(19(27)24-11-6-12-28-3)9-5-10-17(25-18)29-14-7-4-8-15(13-14)30-20(21,22)23/h4,7-8,13H,5-6,9-12H2,1-3H3,(H,24,27)/p+2. The molecular weight excluding hydrogens is 403 g/mol. The van der Waals surface area contributed by atoms with Crippen molar-refractivity contribution in [3.05, 3.63) is 35.7 Å². The van der Waals surface area contributed by atoms with Crippen LogP contribution in [-0.4, -0.2) is 57.4 Å². The Bertz CT molecular complexity index is 792. The van der Waals surface area contributed by atoms with Crippen LogP contribution in [0.4, 0.5) is 13.2 Å². The van der Waals surface area contributed by atoms with Gasteiger partial charge in [-0.15, -0.1) is 13.2 Å². The van der Waals surface area contributed by atoms with E-state index in [4.69, 9.17) is 9.47 Å². The summed E-state index contributed by atoms with van der Waals surface area (Å²) >= 11 is 0. The number of ether oxygens (including phenoxy) is 3. The van der Waals surface area contributed by atoms with E-state index in [0.29, 0.717) is 49.7 Å². The van der Waals surface area contributed by atoms with Crippen molar-refractivity contribution >= 4 is 11.8 Å². The van der Waals surface area contributed by atoms with E-state index in [1.165, 1.54) is 24.3 Å². The lowest BCUT2D eigenvalue weighted by molar-refractivity contribution is -0.566. The van der Waals surface area contributed by atoms with Crippen molar-refractivity contribution in [3.8, 4) is 11.5 Å². The van der Waals surface area contributed by atoms with Gasteiger partial charge in [0, 0.05) is 26.0 Å². The Labute approximate surface area is 173 Å². The van der Waals surface area contributed by atoms with E-state index in [1.54, 1.807) is 31.4 Å². The number of nitrogens with two attached hydrogens (primary N) is 1. The van der Waals surface area contributed by atoms with Crippen LogP contribution in [0.15, 0.2) is 35.7 Å². The predicted molar refractivity (Wildman–Crippen MR) is 103 cm³/mol. The third kappa shape index (κ3) is 7.68. The first kappa shape index (κ1) is 23.7. The highest BCUT2D eigenvalue weighted by molar-refractivity contribution is 5.86. The minimum Gasteiger partial charge on any atom is -0.426 e. The van der Waals surface area contributed by atoms with E-state index in [-0.39, 0.29) is 17.4 Å². The fourth-order valence-electron chi connectivity index (χ4n) is 2.97. The van der Waals surface area contributed by atoms with Crippen LogP contribution in [0, 0.1) is 0 Å². The maximum Gasteiger partial charge on any atom is 0.573 e. The highest BCUT2D eigenvalue weighted by atomic mass is 19.4. The van der Waals surface area contributed by atoms with Gasteiger partial charge in [0.1, 0.15) is 17.1 Å². The molecule has 0 radical (unpaired) electrons. The molecule has 0 saturated heterocycles. The van der Waals surface area contributed by atoms with Crippen molar-refractivity contribution < 1.29 is 42.5 Å². The number of nitrogens with one attached hydrogen (secondary N) is 1. The van der Waals surface area contributed by atoms with E-state index < -0.39 is 6.36 Å². The zero-order valence-corrected chi connectivity index (χ0v) is 17.3. The summed E-state index contributed by atoms with van der Waals surface area (Å²) in [6, 6.07) is 5.33. The van der Waals surface area contributed by atoms with Gasteiger partial charge in [-0.3, -0.25) is 10.2 Å².